The van der Waals surface area contributed by atoms with Crippen LogP contribution in [0.5, 0.6) is 0 Å². The zero-order chi connectivity index (χ0) is 22.2. The number of aliphatic imine (C=N–C) groups is 1. The van der Waals surface area contributed by atoms with Crippen LogP contribution in [0.4, 0.5) is 0 Å². The molecule has 0 amide bonds. The molecule has 1 saturated heterocycles. The van der Waals surface area contributed by atoms with Gasteiger partial charge in [0.2, 0.25) is 0 Å². The number of methoxy groups -OCH3 is 1. The smallest absolute Gasteiger partial charge is 0.191 e. The van der Waals surface area contributed by atoms with E-state index >= 15 is 0 Å². The molecule has 3 heterocycles. The van der Waals surface area contributed by atoms with Crippen LogP contribution in [-0.2, 0) is 37.4 Å². The van der Waals surface area contributed by atoms with Gasteiger partial charge in [-0.3, -0.25) is 9.89 Å². The number of hydrogen-bond donors (Lipinski definition) is 2. The molecule has 2 N–H and O–H groups in total. The lowest BCUT2D eigenvalue weighted by Crippen LogP contribution is -2.46. The third-order valence-electron chi connectivity index (χ3n) is 6.30. The van der Waals surface area contributed by atoms with Gasteiger partial charge in [0.15, 0.2) is 11.8 Å². The summed E-state index contributed by atoms with van der Waals surface area (Å²) in [6, 6.07) is 9.21. The Morgan fingerprint density at radius 1 is 1.18 bits per heavy atom. The largest absolute Gasteiger partial charge is 0.377 e. The highest BCUT2D eigenvalue weighted by Gasteiger charge is 2.22. The molecular weight excluding hydrogens is 529 g/mol. The molecule has 0 bridgehead atoms. The first-order valence-corrected chi connectivity index (χ1v) is 11.9. The summed E-state index contributed by atoms with van der Waals surface area (Å²) in [7, 11) is 3.50. The van der Waals surface area contributed by atoms with Crippen LogP contribution in [0, 0.1) is 0 Å². The molecular formula is C24H38IN7O. The minimum Gasteiger partial charge on any atom is -0.377 e. The van der Waals surface area contributed by atoms with Crippen molar-refractivity contribution in [2.45, 2.75) is 70.8 Å². The molecule has 9 heteroatoms. The van der Waals surface area contributed by atoms with E-state index in [1.807, 2.05) is 11.7 Å². The van der Waals surface area contributed by atoms with Gasteiger partial charge in [-0.2, -0.15) is 5.10 Å². The first kappa shape index (κ1) is 25.9. The number of nitrogens with zero attached hydrogens (tertiary/aromatic N) is 5. The second-order valence-electron chi connectivity index (χ2n) is 8.88. The van der Waals surface area contributed by atoms with Crippen molar-refractivity contribution >= 4 is 29.9 Å². The Labute approximate surface area is 214 Å². The fraction of sp³-hybridized carbons (Fsp3) is 0.625. The van der Waals surface area contributed by atoms with Gasteiger partial charge in [-0.1, -0.05) is 37.1 Å². The average Bonchev–Trinajstić information content (AvgIpc) is 3.02. The molecule has 4 rings (SSSR count). The maximum atomic E-state index is 5.16. The van der Waals surface area contributed by atoms with E-state index in [-0.39, 0.29) is 30.0 Å². The van der Waals surface area contributed by atoms with Crippen molar-refractivity contribution in [3.05, 3.63) is 47.0 Å². The number of aryl methyl sites for hydroxylation is 1. The van der Waals surface area contributed by atoms with Crippen LogP contribution in [0.1, 0.15) is 54.9 Å². The number of ether oxygens (including phenoxy) is 1. The standard InChI is InChI=1S/C24H37N7O.HI/c1-25-24(27-21-10-11-23-28-22(18-32-2)29-31(23)17-21)26-15-19-8-7-9-20(14-19)16-30-12-5-3-4-6-13-30;/h7-9,14,21H,3-6,10-13,15-18H2,1-2H3,(H2,25,26,27);1H. The Morgan fingerprint density at radius 2 is 1.97 bits per heavy atom. The lowest BCUT2D eigenvalue weighted by molar-refractivity contribution is 0.177. The predicted molar refractivity (Wildman–Crippen MR) is 142 cm³/mol. The molecule has 1 aromatic heterocycles. The molecule has 0 saturated carbocycles. The first-order valence-electron chi connectivity index (χ1n) is 11.9. The summed E-state index contributed by atoms with van der Waals surface area (Å²) < 4.78 is 7.15. The fourth-order valence-electron chi connectivity index (χ4n) is 4.63. The second-order valence-corrected chi connectivity index (χ2v) is 8.88. The Hall–Kier alpha value is -1.72. The minimum absolute atomic E-state index is 0. The maximum absolute atomic E-state index is 5.16. The number of rotatable bonds is 7. The van der Waals surface area contributed by atoms with E-state index in [2.05, 4.69) is 54.9 Å². The summed E-state index contributed by atoms with van der Waals surface area (Å²) in [4.78, 5) is 11.6. The average molecular weight is 568 g/mol. The van der Waals surface area contributed by atoms with Gasteiger partial charge in [-0.15, -0.1) is 24.0 Å². The van der Waals surface area contributed by atoms with Crippen molar-refractivity contribution in [2.75, 3.05) is 27.2 Å². The number of hydrogen-bond acceptors (Lipinski definition) is 5. The zero-order valence-electron chi connectivity index (χ0n) is 19.9. The second kappa shape index (κ2) is 13.2. The van der Waals surface area contributed by atoms with E-state index in [1.54, 1.807) is 7.11 Å². The highest BCUT2D eigenvalue weighted by Crippen LogP contribution is 2.15. The molecule has 182 valence electrons. The van der Waals surface area contributed by atoms with E-state index in [0.29, 0.717) is 6.61 Å². The Kier molecular flexibility index (Phi) is 10.4. The summed E-state index contributed by atoms with van der Waals surface area (Å²) in [6.07, 6.45) is 7.32. The van der Waals surface area contributed by atoms with Gasteiger partial charge < -0.3 is 15.4 Å². The van der Waals surface area contributed by atoms with Crippen molar-refractivity contribution in [2.24, 2.45) is 4.99 Å². The molecule has 1 unspecified atom stereocenters. The van der Waals surface area contributed by atoms with Crippen molar-refractivity contribution in [1.82, 2.24) is 30.3 Å². The summed E-state index contributed by atoms with van der Waals surface area (Å²) >= 11 is 0. The first-order chi connectivity index (χ1) is 15.7. The number of benzene rings is 1. The summed E-state index contributed by atoms with van der Waals surface area (Å²) in [5.41, 5.74) is 2.68. The quantitative estimate of drug-likeness (QED) is 0.304. The van der Waals surface area contributed by atoms with Gasteiger partial charge in [0.1, 0.15) is 12.4 Å². The molecule has 8 nitrogen and oxygen atoms in total. The van der Waals surface area contributed by atoms with E-state index in [1.165, 1.54) is 49.9 Å². The molecule has 2 aromatic rings. The number of guanidine groups is 1. The van der Waals surface area contributed by atoms with Gasteiger partial charge in [-0.25, -0.2) is 9.67 Å². The van der Waals surface area contributed by atoms with Crippen LogP contribution in [0.3, 0.4) is 0 Å². The van der Waals surface area contributed by atoms with Crippen LogP contribution < -0.4 is 10.6 Å². The number of nitrogens with one attached hydrogen (secondary N) is 2. The minimum atomic E-state index is 0. The van der Waals surface area contributed by atoms with Gasteiger partial charge >= 0.3 is 0 Å². The fourth-order valence-corrected chi connectivity index (χ4v) is 4.63. The molecule has 0 radical (unpaired) electrons. The lowest BCUT2D eigenvalue weighted by atomic mass is 10.1. The molecule has 33 heavy (non-hydrogen) atoms. The van der Waals surface area contributed by atoms with Gasteiger partial charge in [-0.05, 0) is 43.5 Å². The van der Waals surface area contributed by atoms with Crippen LogP contribution in [0.15, 0.2) is 29.3 Å². The normalized spacial score (nSPS) is 19.3. The molecule has 1 aromatic carbocycles. The Bertz CT molecular complexity index is 893. The summed E-state index contributed by atoms with van der Waals surface area (Å²) in [6.45, 7) is 5.50. The van der Waals surface area contributed by atoms with Crippen LogP contribution in [0.25, 0.3) is 0 Å². The van der Waals surface area contributed by atoms with Gasteiger partial charge in [0, 0.05) is 39.7 Å². The SMILES string of the molecule is CN=C(NCc1cccc(CN2CCCCCC2)c1)NC1CCc2nc(COC)nn2C1.I. The lowest BCUT2D eigenvalue weighted by Gasteiger charge is -2.25. The number of fused-ring (bicyclic) bond motifs is 1. The van der Waals surface area contributed by atoms with Crippen molar-refractivity contribution in [3.63, 3.8) is 0 Å². The molecule has 0 aliphatic carbocycles. The Balaban J connectivity index is 0.00000306. The van der Waals surface area contributed by atoms with E-state index < -0.39 is 0 Å². The van der Waals surface area contributed by atoms with Crippen molar-refractivity contribution in [3.8, 4) is 0 Å². The van der Waals surface area contributed by atoms with E-state index in [9.17, 15) is 0 Å². The van der Waals surface area contributed by atoms with Crippen LogP contribution in [0.2, 0.25) is 0 Å². The van der Waals surface area contributed by atoms with Crippen molar-refractivity contribution in [1.29, 1.82) is 0 Å². The monoisotopic (exact) mass is 567 g/mol. The molecule has 1 atom stereocenters. The third kappa shape index (κ3) is 7.65. The highest BCUT2D eigenvalue weighted by molar-refractivity contribution is 14.0. The Morgan fingerprint density at radius 3 is 2.73 bits per heavy atom. The topological polar surface area (TPSA) is 79.6 Å². The summed E-state index contributed by atoms with van der Waals surface area (Å²) in [5.74, 6) is 2.62. The van der Waals surface area contributed by atoms with E-state index in [4.69, 9.17) is 4.74 Å². The number of halogens is 1. The molecule has 0 spiro atoms. The summed E-state index contributed by atoms with van der Waals surface area (Å²) in [5, 5.41) is 11.6. The van der Waals surface area contributed by atoms with Crippen LogP contribution in [-0.4, -0.2) is 58.9 Å². The van der Waals surface area contributed by atoms with Gasteiger partial charge in [0.25, 0.3) is 0 Å². The molecule has 2 aliphatic rings. The van der Waals surface area contributed by atoms with Crippen molar-refractivity contribution < 1.29 is 4.74 Å². The maximum Gasteiger partial charge on any atom is 0.191 e. The number of aromatic nitrogens is 3. The molecule has 2 aliphatic heterocycles. The van der Waals surface area contributed by atoms with Crippen LogP contribution >= 0.6 is 24.0 Å². The van der Waals surface area contributed by atoms with Gasteiger partial charge in [0.05, 0.1) is 6.54 Å². The number of likely N-dealkylation sites (tertiary alicyclic amines) is 1. The highest BCUT2D eigenvalue weighted by atomic mass is 127. The zero-order valence-corrected chi connectivity index (χ0v) is 22.3. The van der Waals surface area contributed by atoms with E-state index in [0.717, 1.165) is 50.1 Å². The molecule has 1 fully saturated rings. The third-order valence-corrected chi connectivity index (χ3v) is 6.30. The predicted octanol–water partition coefficient (Wildman–Crippen LogP) is 3.10.